The lowest BCUT2D eigenvalue weighted by Crippen LogP contribution is -2.19. The zero-order valence-corrected chi connectivity index (χ0v) is 10.5. The average Bonchev–Trinajstić information content (AvgIpc) is 2.27. The highest BCUT2D eigenvalue weighted by Gasteiger charge is 2.19. The van der Waals surface area contributed by atoms with Crippen LogP contribution >= 0.6 is 11.6 Å². The third-order valence-corrected chi connectivity index (χ3v) is 3.22. The second-order valence-corrected chi connectivity index (χ2v) is 4.62. The predicted molar refractivity (Wildman–Crippen MR) is 63.6 cm³/mol. The van der Waals surface area contributed by atoms with Gasteiger partial charge in [-0.2, -0.15) is 0 Å². The zero-order chi connectivity index (χ0) is 13.0. The van der Waals surface area contributed by atoms with Crippen LogP contribution in [-0.4, -0.2) is 24.6 Å². The molecule has 1 aliphatic rings. The van der Waals surface area contributed by atoms with Gasteiger partial charge in [-0.05, 0) is 18.8 Å². The maximum atomic E-state index is 12.0. The smallest absolute Gasteiger partial charge is 0.272 e. The van der Waals surface area contributed by atoms with Crippen molar-refractivity contribution < 1.29 is 18.3 Å². The lowest BCUT2D eigenvalue weighted by Gasteiger charge is -2.25. The number of aromatic nitrogens is 1. The Morgan fingerprint density at radius 2 is 2.17 bits per heavy atom. The summed E-state index contributed by atoms with van der Waals surface area (Å²) in [6.07, 6.45) is 2.43. The van der Waals surface area contributed by atoms with Gasteiger partial charge in [0.2, 0.25) is 5.88 Å². The van der Waals surface area contributed by atoms with E-state index in [4.69, 9.17) is 21.1 Å². The van der Waals surface area contributed by atoms with Gasteiger partial charge in [0.15, 0.2) is 0 Å². The fraction of sp³-hybridized carbons (Fsp3) is 0.583. The largest absolute Gasteiger partial charge is 0.486 e. The SMILES string of the molecule is FC(F)COc1ccnc(OCC2CCC2)c1Cl. The number of pyridine rings is 1. The minimum Gasteiger partial charge on any atom is -0.486 e. The highest BCUT2D eigenvalue weighted by Crippen LogP contribution is 2.33. The minimum absolute atomic E-state index is 0.150. The van der Waals surface area contributed by atoms with Gasteiger partial charge in [0, 0.05) is 12.3 Å². The number of alkyl halides is 2. The molecule has 0 spiro atoms. The first-order valence-electron chi connectivity index (χ1n) is 5.85. The third kappa shape index (κ3) is 3.45. The first-order valence-corrected chi connectivity index (χ1v) is 6.23. The molecule has 0 N–H and O–H groups in total. The Labute approximate surface area is 109 Å². The topological polar surface area (TPSA) is 31.4 Å². The van der Waals surface area contributed by atoms with Gasteiger partial charge in [0.1, 0.15) is 17.4 Å². The van der Waals surface area contributed by atoms with Gasteiger partial charge in [-0.25, -0.2) is 13.8 Å². The Morgan fingerprint density at radius 1 is 1.39 bits per heavy atom. The summed E-state index contributed by atoms with van der Waals surface area (Å²) in [6, 6.07) is 1.45. The summed E-state index contributed by atoms with van der Waals surface area (Å²) in [5.74, 6) is 0.972. The highest BCUT2D eigenvalue weighted by atomic mass is 35.5. The quantitative estimate of drug-likeness (QED) is 0.797. The normalized spacial score (nSPS) is 15.6. The summed E-state index contributed by atoms with van der Waals surface area (Å²) >= 11 is 5.98. The third-order valence-electron chi connectivity index (χ3n) is 2.87. The number of halogens is 3. The van der Waals surface area contributed by atoms with Gasteiger partial charge in [-0.1, -0.05) is 18.0 Å². The van der Waals surface area contributed by atoms with E-state index in [9.17, 15) is 8.78 Å². The maximum Gasteiger partial charge on any atom is 0.272 e. The summed E-state index contributed by atoms with van der Waals surface area (Å²) in [6.45, 7) is -0.128. The predicted octanol–water partition coefficient (Wildman–Crippen LogP) is 3.56. The van der Waals surface area contributed by atoms with Crippen LogP contribution in [0.15, 0.2) is 12.3 Å². The van der Waals surface area contributed by atoms with Crippen molar-refractivity contribution in [2.24, 2.45) is 5.92 Å². The number of nitrogens with zero attached hydrogens (tertiary/aromatic N) is 1. The second kappa shape index (κ2) is 6.18. The molecule has 1 fully saturated rings. The Balaban J connectivity index is 1.94. The van der Waals surface area contributed by atoms with E-state index in [2.05, 4.69) is 4.98 Å². The molecular weight excluding hydrogens is 264 g/mol. The zero-order valence-electron chi connectivity index (χ0n) is 9.74. The molecule has 2 rings (SSSR count). The van der Waals surface area contributed by atoms with E-state index < -0.39 is 13.0 Å². The van der Waals surface area contributed by atoms with E-state index in [1.165, 1.54) is 18.7 Å². The molecule has 6 heteroatoms. The van der Waals surface area contributed by atoms with E-state index in [1.54, 1.807) is 0 Å². The van der Waals surface area contributed by atoms with Crippen molar-refractivity contribution in [2.75, 3.05) is 13.2 Å². The fourth-order valence-electron chi connectivity index (χ4n) is 1.63. The van der Waals surface area contributed by atoms with Crippen LogP contribution in [0.5, 0.6) is 11.6 Å². The second-order valence-electron chi connectivity index (χ2n) is 4.24. The first kappa shape index (κ1) is 13.3. The molecule has 1 aromatic heterocycles. The van der Waals surface area contributed by atoms with E-state index in [1.807, 2.05) is 0 Å². The van der Waals surface area contributed by atoms with Gasteiger partial charge in [0.05, 0.1) is 6.61 Å². The molecule has 0 aliphatic heterocycles. The Kier molecular flexibility index (Phi) is 4.58. The van der Waals surface area contributed by atoms with Crippen molar-refractivity contribution in [1.29, 1.82) is 0 Å². The Bertz CT molecular complexity index is 400. The Hall–Kier alpha value is -1.10. The van der Waals surface area contributed by atoms with Crippen LogP contribution in [0.2, 0.25) is 5.02 Å². The van der Waals surface area contributed by atoms with Crippen molar-refractivity contribution in [1.82, 2.24) is 4.98 Å². The number of rotatable bonds is 6. The first-order chi connectivity index (χ1) is 8.66. The monoisotopic (exact) mass is 277 g/mol. The molecule has 0 unspecified atom stereocenters. The Morgan fingerprint density at radius 3 is 2.78 bits per heavy atom. The lowest BCUT2D eigenvalue weighted by atomic mass is 9.86. The van der Waals surface area contributed by atoms with Gasteiger partial charge in [-0.3, -0.25) is 0 Å². The maximum absolute atomic E-state index is 12.0. The number of hydrogen-bond acceptors (Lipinski definition) is 3. The minimum atomic E-state index is -2.53. The molecule has 0 radical (unpaired) electrons. The molecule has 1 aromatic rings. The van der Waals surface area contributed by atoms with E-state index in [0.29, 0.717) is 12.5 Å². The molecule has 1 aliphatic carbocycles. The number of hydrogen-bond donors (Lipinski definition) is 0. The fourth-order valence-corrected chi connectivity index (χ4v) is 1.85. The van der Waals surface area contributed by atoms with Crippen LogP contribution in [0.4, 0.5) is 8.78 Å². The molecule has 0 atom stereocenters. The van der Waals surface area contributed by atoms with Crippen molar-refractivity contribution in [3.63, 3.8) is 0 Å². The van der Waals surface area contributed by atoms with Crippen LogP contribution in [0.3, 0.4) is 0 Å². The molecule has 3 nitrogen and oxygen atoms in total. The molecule has 0 aromatic carbocycles. The van der Waals surface area contributed by atoms with Gasteiger partial charge in [0.25, 0.3) is 6.43 Å². The average molecular weight is 278 g/mol. The molecular formula is C12H14ClF2NO2. The number of ether oxygens (including phenoxy) is 2. The van der Waals surface area contributed by atoms with Gasteiger partial charge >= 0.3 is 0 Å². The van der Waals surface area contributed by atoms with Crippen LogP contribution < -0.4 is 9.47 Å². The molecule has 1 saturated carbocycles. The highest BCUT2D eigenvalue weighted by molar-refractivity contribution is 6.33. The summed E-state index contributed by atoms with van der Waals surface area (Å²) in [5, 5.41) is 0.150. The van der Waals surface area contributed by atoms with Crippen LogP contribution in [-0.2, 0) is 0 Å². The van der Waals surface area contributed by atoms with Crippen molar-refractivity contribution in [3.8, 4) is 11.6 Å². The molecule has 0 saturated heterocycles. The molecule has 18 heavy (non-hydrogen) atoms. The van der Waals surface area contributed by atoms with Crippen LogP contribution in [0.25, 0.3) is 0 Å². The van der Waals surface area contributed by atoms with E-state index in [0.717, 1.165) is 12.8 Å². The summed E-state index contributed by atoms with van der Waals surface area (Å²) in [5.41, 5.74) is 0. The molecule has 1 heterocycles. The molecule has 0 amide bonds. The van der Waals surface area contributed by atoms with Crippen LogP contribution in [0, 0.1) is 5.92 Å². The van der Waals surface area contributed by atoms with Crippen molar-refractivity contribution in [2.45, 2.75) is 25.7 Å². The van der Waals surface area contributed by atoms with E-state index in [-0.39, 0.29) is 16.7 Å². The summed E-state index contributed by atoms with van der Waals surface area (Å²) in [4.78, 5) is 3.97. The lowest BCUT2D eigenvalue weighted by molar-refractivity contribution is 0.0816. The van der Waals surface area contributed by atoms with Gasteiger partial charge < -0.3 is 9.47 Å². The van der Waals surface area contributed by atoms with Crippen molar-refractivity contribution in [3.05, 3.63) is 17.3 Å². The molecule has 100 valence electrons. The summed E-state index contributed by atoms with van der Waals surface area (Å²) < 4.78 is 34.5. The summed E-state index contributed by atoms with van der Waals surface area (Å²) in [7, 11) is 0. The molecule has 0 bridgehead atoms. The van der Waals surface area contributed by atoms with Gasteiger partial charge in [-0.15, -0.1) is 0 Å². The van der Waals surface area contributed by atoms with E-state index >= 15 is 0 Å². The van der Waals surface area contributed by atoms with Crippen molar-refractivity contribution >= 4 is 11.6 Å². The van der Waals surface area contributed by atoms with Crippen LogP contribution in [0.1, 0.15) is 19.3 Å². The standard InChI is InChI=1S/C12H14ClF2NO2/c13-11-9(17-7-10(14)15)4-5-16-12(11)18-6-8-2-1-3-8/h4-5,8,10H,1-3,6-7H2.